The zero-order valence-corrected chi connectivity index (χ0v) is 18.8. The summed E-state index contributed by atoms with van der Waals surface area (Å²) in [5.41, 5.74) is 2.62. The van der Waals surface area contributed by atoms with Crippen molar-refractivity contribution in [3.8, 4) is 0 Å². The summed E-state index contributed by atoms with van der Waals surface area (Å²) in [6.07, 6.45) is 8.31. The van der Waals surface area contributed by atoms with Gasteiger partial charge in [0.15, 0.2) is 5.78 Å². The Kier molecular flexibility index (Phi) is 5.80. The molecule has 1 atom stereocenters. The van der Waals surface area contributed by atoms with Gasteiger partial charge in [0, 0.05) is 47.6 Å². The van der Waals surface area contributed by atoms with Crippen LogP contribution in [0.3, 0.4) is 0 Å². The van der Waals surface area contributed by atoms with Crippen LogP contribution in [0.25, 0.3) is 10.9 Å². The van der Waals surface area contributed by atoms with E-state index in [1.807, 2.05) is 12.1 Å². The number of anilines is 1. The van der Waals surface area contributed by atoms with Gasteiger partial charge in [-0.15, -0.1) is 0 Å². The molecule has 1 N–H and O–H groups in total. The van der Waals surface area contributed by atoms with Crippen LogP contribution in [0.1, 0.15) is 55.3 Å². The second-order valence-electron chi connectivity index (χ2n) is 9.35. The number of hydrogen-bond donors (Lipinski definition) is 1. The SMILES string of the molecule is O=C(c1cnc2ccc(Br)cc2c1N[C@H]1CC[C@H](CN2CC[C@@H](F)C2)CC1)C1CC1. The topological polar surface area (TPSA) is 45.2 Å². The fraction of sp³-hybridized carbons (Fsp3) is 0.583. The minimum atomic E-state index is -0.635. The van der Waals surface area contributed by atoms with Crippen molar-refractivity contribution in [2.45, 2.75) is 57.2 Å². The molecule has 1 aromatic heterocycles. The lowest BCUT2D eigenvalue weighted by Crippen LogP contribution is -2.33. The molecule has 1 saturated heterocycles. The fourth-order valence-electron chi connectivity index (χ4n) is 5.08. The van der Waals surface area contributed by atoms with Gasteiger partial charge in [0.05, 0.1) is 16.8 Å². The number of nitrogens with zero attached hydrogens (tertiary/aromatic N) is 2. The number of carbonyl (C=O) groups excluding carboxylic acids is 1. The predicted octanol–water partition coefficient (Wildman–Crippen LogP) is 5.60. The summed E-state index contributed by atoms with van der Waals surface area (Å²) in [5, 5.41) is 4.77. The molecule has 2 aromatic rings. The van der Waals surface area contributed by atoms with Crippen molar-refractivity contribution in [3.05, 3.63) is 34.4 Å². The van der Waals surface area contributed by atoms with E-state index in [9.17, 15) is 9.18 Å². The minimum Gasteiger partial charge on any atom is -0.381 e. The molecule has 0 spiro atoms. The Labute approximate surface area is 185 Å². The van der Waals surface area contributed by atoms with Crippen LogP contribution in [0.5, 0.6) is 0 Å². The van der Waals surface area contributed by atoms with E-state index in [0.29, 0.717) is 24.9 Å². The molecule has 0 radical (unpaired) electrons. The van der Waals surface area contributed by atoms with Gasteiger partial charge >= 0.3 is 0 Å². The minimum absolute atomic E-state index is 0.174. The van der Waals surface area contributed by atoms with Crippen LogP contribution in [0.2, 0.25) is 0 Å². The Bertz CT molecular complexity index is 939. The van der Waals surface area contributed by atoms with Crippen LogP contribution in [0.15, 0.2) is 28.9 Å². The molecule has 160 valence electrons. The van der Waals surface area contributed by atoms with Gasteiger partial charge in [-0.2, -0.15) is 0 Å². The first kappa shape index (κ1) is 20.4. The van der Waals surface area contributed by atoms with Crippen LogP contribution in [-0.2, 0) is 0 Å². The molecule has 6 heteroatoms. The number of pyridine rings is 1. The van der Waals surface area contributed by atoms with Crippen molar-refractivity contribution in [3.63, 3.8) is 0 Å². The number of rotatable bonds is 6. The van der Waals surface area contributed by atoms with E-state index in [1.165, 1.54) is 0 Å². The summed E-state index contributed by atoms with van der Waals surface area (Å²) in [6, 6.07) is 6.43. The average Bonchev–Trinajstić information content (AvgIpc) is 3.52. The van der Waals surface area contributed by atoms with E-state index < -0.39 is 6.17 Å². The molecule has 1 aromatic carbocycles. The highest BCUT2D eigenvalue weighted by molar-refractivity contribution is 9.10. The number of Topliss-reactive ketones (excluding diaryl/α,β-unsaturated/α-hetero) is 1. The number of carbonyl (C=O) groups is 1. The molecule has 1 aliphatic heterocycles. The summed E-state index contributed by atoms with van der Waals surface area (Å²) >= 11 is 3.58. The predicted molar refractivity (Wildman–Crippen MR) is 122 cm³/mol. The first-order valence-electron chi connectivity index (χ1n) is 11.3. The quantitative estimate of drug-likeness (QED) is 0.554. The summed E-state index contributed by atoms with van der Waals surface area (Å²) in [6.45, 7) is 2.55. The van der Waals surface area contributed by atoms with Gasteiger partial charge in [-0.05, 0) is 69.1 Å². The number of likely N-dealkylation sites (tertiary alicyclic amines) is 1. The molecule has 0 unspecified atom stereocenters. The molecular formula is C24H29BrFN3O. The summed E-state index contributed by atoms with van der Waals surface area (Å²) in [5.74, 6) is 1.06. The second kappa shape index (κ2) is 8.54. The van der Waals surface area contributed by atoms with Gasteiger partial charge in [0.1, 0.15) is 6.17 Å². The molecule has 2 heterocycles. The molecule has 5 rings (SSSR count). The number of aromatic nitrogens is 1. The molecule has 2 aliphatic carbocycles. The highest BCUT2D eigenvalue weighted by Gasteiger charge is 2.33. The van der Waals surface area contributed by atoms with Gasteiger partial charge in [-0.3, -0.25) is 9.78 Å². The van der Waals surface area contributed by atoms with E-state index >= 15 is 0 Å². The average molecular weight is 474 g/mol. The van der Waals surface area contributed by atoms with Gasteiger partial charge in [-0.25, -0.2) is 4.39 Å². The van der Waals surface area contributed by atoms with Crippen LogP contribution < -0.4 is 5.32 Å². The highest BCUT2D eigenvalue weighted by Crippen LogP contribution is 2.38. The Morgan fingerprint density at radius 3 is 2.67 bits per heavy atom. The number of nitrogens with one attached hydrogen (secondary N) is 1. The third-order valence-corrected chi connectivity index (χ3v) is 7.46. The maximum absolute atomic E-state index is 13.5. The molecule has 2 saturated carbocycles. The fourth-order valence-corrected chi connectivity index (χ4v) is 5.44. The number of fused-ring (bicyclic) bond motifs is 1. The number of halogens is 2. The number of benzene rings is 1. The third kappa shape index (κ3) is 4.40. The van der Waals surface area contributed by atoms with Crippen molar-refractivity contribution in [1.29, 1.82) is 0 Å². The van der Waals surface area contributed by atoms with Gasteiger partial charge in [0.25, 0.3) is 0 Å². The lowest BCUT2D eigenvalue weighted by molar-refractivity contribution is 0.0968. The molecule has 3 fully saturated rings. The number of alkyl halides is 1. The van der Waals surface area contributed by atoms with Crippen LogP contribution in [-0.4, -0.2) is 47.5 Å². The maximum atomic E-state index is 13.5. The second-order valence-corrected chi connectivity index (χ2v) is 10.3. The Hall–Kier alpha value is -1.53. The zero-order valence-electron chi connectivity index (χ0n) is 17.2. The van der Waals surface area contributed by atoms with Crippen molar-refractivity contribution in [1.82, 2.24) is 9.88 Å². The first-order valence-corrected chi connectivity index (χ1v) is 12.1. The molecule has 0 bridgehead atoms. The Morgan fingerprint density at radius 1 is 1.17 bits per heavy atom. The standard InChI is InChI=1S/C24H29BrFN3O/c25-17-5-8-22-20(11-17)23(21(12-27-22)24(30)16-3-4-16)28-19-6-1-15(2-7-19)13-29-10-9-18(26)14-29/h5,8,11-12,15-16,18-19H,1-4,6-7,9-10,13-14H2,(H,27,28)/t15-,18-,19-/m1/s1. The monoisotopic (exact) mass is 473 g/mol. The van der Waals surface area contributed by atoms with Gasteiger partial charge in [0.2, 0.25) is 0 Å². The van der Waals surface area contributed by atoms with E-state index in [4.69, 9.17) is 0 Å². The van der Waals surface area contributed by atoms with Crippen molar-refractivity contribution < 1.29 is 9.18 Å². The maximum Gasteiger partial charge on any atom is 0.169 e. The van der Waals surface area contributed by atoms with E-state index in [2.05, 4.69) is 37.2 Å². The van der Waals surface area contributed by atoms with Crippen molar-refractivity contribution in [2.24, 2.45) is 11.8 Å². The first-order chi connectivity index (χ1) is 14.6. The molecule has 3 aliphatic rings. The smallest absolute Gasteiger partial charge is 0.169 e. The van der Waals surface area contributed by atoms with Crippen molar-refractivity contribution >= 4 is 38.3 Å². The van der Waals surface area contributed by atoms with Crippen LogP contribution in [0, 0.1) is 11.8 Å². The Balaban J connectivity index is 1.31. The van der Waals surface area contributed by atoms with E-state index in [-0.39, 0.29) is 11.7 Å². The normalized spacial score (nSPS) is 27.5. The molecule has 4 nitrogen and oxygen atoms in total. The molecule has 30 heavy (non-hydrogen) atoms. The zero-order chi connectivity index (χ0) is 20.7. The van der Waals surface area contributed by atoms with Gasteiger partial charge < -0.3 is 10.2 Å². The highest BCUT2D eigenvalue weighted by atomic mass is 79.9. The Morgan fingerprint density at radius 2 is 1.97 bits per heavy atom. The lowest BCUT2D eigenvalue weighted by Gasteiger charge is -2.32. The third-order valence-electron chi connectivity index (χ3n) is 6.97. The van der Waals surface area contributed by atoms with E-state index in [0.717, 1.165) is 78.2 Å². The van der Waals surface area contributed by atoms with Gasteiger partial charge in [-0.1, -0.05) is 15.9 Å². The number of ketones is 1. The van der Waals surface area contributed by atoms with Crippen LogP contribution >= 0.6 is 15.9 Å². The number of hydrogen-bond acceptors (Lipinski definition) is 4. The summed E-state index contributed by atoms with van der Waals surface area (Å²) in [4.78, 5) is 19.8. The summed E-state index contributed by atoms with van der Waals surface area (Å²) in [7, 11) is 0. The molecule has 0 amide bonds. The molecular weight excluding hydrogens is 445 g/mol. The van der Waals surface area contributed by atoms with Crippen molar-refractivity contribution in [2.75, 3.05) is 25.0 Å². The van der Waals surface area contributed by atoms with E-state index in [1.54, 1.807) is 6.20 Å². The summed E-state index contributed by atoms with van der Waals surface area (Å²) < 4.78 is 14.5. The largest absolute Gasteiger partial charge is 0.381 e. The van der Waals surface area contributed by atoms with Crippen LogP contribution in [0.4, 0.5) is 10.1 Å². The lowest BCUT2D eigenvalue weighted by atomic mass is 9.85.